The first-order chi connectivity index (χ1) is 9.15. The van der Waals surface area contributed by atoms with E-state index >= 15 is 0 Å². The van der Waals surface area contributed by atoms with Crippen LogP contribution in [0.15, 0.2) is 29.1 Å². The minimum absolute atomic E-state index is 0.0706. The van der Waals surface area contributed by atoms with Crippen LogP contribution >= 0.6 is 0 Å². The lowest BCUT2D eigenvalue weighted by atomic mass is 10.1. The van der Waals surface area contributed by atoms with Gasteiger partial charge >= 0.3 is 0 Å². The Morgan fingerprint density at radius 1 is 1.16 bits per heavy atom. The van der Waals surface area contributed by atoms with Crippen molar-refractivity contribution in [2.45, 2.75) is 0 Å². The van der Waals surface area contributed by atoms with Crippen molar-refractivity contribution in [3.63, 3.8) is 0 Å². The number of nitrogens with two attached hydrogens (primary N) is 1. The molecule has 0 radical (unpaired) electrons. The molecule has 0 unspecified atom stereocenters. The zero-order valence-corrected chi connectivity index (χ0v) is 11.0. The highest BCUT2D eigenvalue weighted by atomic mass is 16.1. The van der Waals surface area contributed by atoms with Gasteiger partial charge in [0.15, 0.2) is 0 Å². The molecule has 0 atom stereocenters. The first kappa shape index (κ1) is 12.0. The minimum atomic E-state index is -0.0706. The molecular weight excluding hydrogens is 240 g/mol. The van der Waals surface area contributed by atoms with E-state index in [1.165, 1.54) is 0 Å². The fourth-order valence-corrected chi connectivity index (χ4v) is 2.52. The number of nitrogens with zero attached hydrogens (tertiary/aromatic N) is 2. The quantitative estimate of drug-likeness (QED) is 0.745. The topological polar surface area (TPSA) is 65.4 Å². The predicted octanol–water partition coefficient (Wildman–Crippen LogP) is 0.862. The van der Waals surface area contributed by atoms with E-state index in [1.54, 1.807) is 6.07 Å². The molecule has 1 aromatic carbocycles. The van der Waals surface area contributed by atoms with Crippen LogP contribution in [-0.2, 0) is 0 Å². The highest BCUT2D eigenvalue weighted by molar-refractivity contribution is 5.93. The first-order valence-electron chi connectivity index (χ1n) is 6.50. The van der Waals surface area contributed by atoms with Gasteiger partial charge in [-0.2, -0.15) is 0 Å². The van der Waals surface area contributed by atoms with Gasteiger partial charge in [0.2, 0.25) is 0 Å². The third-order valence-electron chi connectivity index (χ3n) is 3.75. The Bertz CT molecular complexity index is 656. The van der Waals surface area contributed by atoms with Crippen molar-refractivity contribution in [3.05, 3.63) is 34.6 Å². The summed E-state index contributed by atoms with van der Waals surface area (Å²) in [6.07, 6.45) is 0. The van der Waals surface area contributed by atoms with Crippen molar-refractivity contribution in [1.29, 1.82) is 0 Å². The second kappa shape index (κ2) is 4.59. The molecule has 0 saturated carbocycles. The summed E-state index contributed by atoms with van der Waals surface area (Å²) >= 11 is 0. The molecule has 1 aliphatic rings. The summed E-state index contributed by atoms with van der Waals surface area (Å²) in [5.74, 6) is 0.864. The van der Waals surface area contributed by atoms with Gasteiger partial charge in [-0.05, 0) is 25.2 Å². The van der Waals surface area contributed by atoms with Crippen molar-refractivity contribution in [2.75, 3.05) is 43.9 Å². The number of aromatic nitrogens is 1. The molecule has 1 aliphatic heterocycles. The van der Waals surface area contributed by atoms with Crippen LogP contribution in [0.4, 0.5) is 11.5 Å². The average molecular weight is 258 g/mol. The number of fused-ring (bicyclic) bond motifs is 1. The highest BCUT2D eigenvalue weighted by Crippen LogP contribution is 2.22. The molecule has 1 saturated heterocycles. The van der Waals surface area contributed by atoms with Gasteiger partial charge in [-0.15, -0.1) is 0 Å². The van der Waals surface area contributed by atoms with Gasteiger partial charge in [0.25, 0.3) is 5.56 Å². The number of hydrogen-bond acceptors (Lipinski definition) is 4. The van der Waals surface area contributed by atoms with Gasteiger partial charge in [0.05, 0.1) is 0 Å². The third-order valence-corrected chi connectivity index (χ3v) is 3.75. The summed E-state index contributed by atoms with van der Waals surface area (Å²) in [6, 6.07) is 7.42. The fourth-order valence-electron chi connectivity index (χ4n) is 2.52. The molecule has 5 heteroatoms. The number of pyridine rings is 1. The number of nitrogens with one attached hydrogen (secondary N) is 1. The maximum absolute atomic E-state index is 12.1. The van der Waals surface area contributed by atoms with Gasteiger partial charge in [-0.1, -0.05) is 6.07 Å². The predicted molar refractivity (Wildman–Crippen MR) is 78.7 cm³/mol. The van der Waals surface area contributed by atoms with Crippen molar-refractivity contribution < 1.29 is 0 Å². The van der Waals surface area contributed by atoms with Crippen LogP contribution in [0.3, 0.4) is 0 Å². The number of nitrogen functional groups attached to an aromatic ring is 1. The van der Waals surface area contributed by atoms with Crippen LogP contribution in [0.5, 0.6) is 0 Å². The van der Waals surface area contributed by atoms with Gasteiger partial charge in [-0.3, -0.25) is 4.79 Å². The van der Waals surface area contributed by atoms with E-state index in [0.29, 0.717) is 11.1 Å². The van der Waals surface area contributed by atoms with E-state index in [1.807, 2.05) is 18.2 Å². The zero-order chi connectivity index (χ0) is 13.4. The molecule has 1 fully saturated rings. The molecule has 5 nitrogen and oxygen atoms in total. The summed E-state index contributed by atoms with van der Waals surface area (Å²) in [4.78, 5) is 19.6. The van der Waals surface area contributed by atoms with Crippen LogP contribution in [0.2, 0.25) is 0 Å². The molecule has 0 aliphatic carbocycles. The number of rotatable bonds is 1. The van der Waals surface area contributed by atoms with Crippen LogP contribution in [-0.4, -0.2) is 43.1 Å². The van der Waals surface area contributed by atoms with Crippen molar-refractivity contribution >= 4 is 22.3 Å². The first-order valence-corrected chi connectivity index (χ1v) is 6.50. The maximum Gasteiger partial charge on any atom is 0.257 e. The van der Waals surface area contributed by atoms with E-state index in [4.69, 9.17) is 5.73 Å². The Morgan fingerprint density at radius 3 is 2.63 bits per heavy atom. The monoisotopic (exact) mass is 258 g/mol. The van der Waals surface area contributed by atoms with Crippen LogP contribution in [0.25, 0.3) is 10.8 Å². The Balaban J connectivity index is 2.06. The third kappa shape index (κ3) is 2.17. The standard InChI is InChI=1S/C14H18N4O/c1-17-5-7-18(8-6-17)13-9-11-10(14(19)16-13)3-2-4-12(11)15/h2-4,9H,5-8,15H2,1H3,(H,16,19). The van der Waals surface area contributed by atoms with E-state index in [2.05, 4.69) is 21.8 Å². The van der Waals surface area contributed by atoms with E-state index in [-0.39, 0.29) is 5.56 Å². The highest BCUT2D eigenvalue weighted by Gasteiger charge is 2.16. The molecule has 1 aromatic heterocycles. The molecule has 3 N–H and O–H groups in total. The molecule has 0 amide bonds. The summed E-state index contributed by atoms with van der Waals surface area (Å²) < 4.78 is 0. The van der Waals surface area contributed by atoms with Crippen LogP contribution in [0.1, 0.15) is 0 Å². The molecule has 0 spiro atoms. The molecule has 2 aromatic rings. The summed E-state index contributed by atoms with van der Waals surface area (Å²) in [5.41, 5.74) is 6.55. The van der Waals surface area contributed by atoms with Gasteiger partial charge < -0.3 is 20.5 Å². The van der Waals surface area contributed by atoms with Gasteiger partial charge in [0, 0.05) is 42.6 Å². The molecule has 100 valence electrons. The summed E-state index contributed by atoms with van der Waals surface area (Å²) in [7, 11) is 2.11. The Hall–Kier alpha value is -2.01. The summed E-state index contributed by atoms with van der Waals surface area (Å²) in [6.45, 7) is 3.85. The lowest BCUT2D eigenvalue weighted by molar-refractivity contribution is 0.312. The molecule has 19 heavy (non-hydrogen) atoms. The lowest BCUT2D eigenvalue weighted by Gasteiger charge is -2.33. The molecular formula is C14H18N4O. The SMILES string of the molecule is CN1CCN(c2cc3c(N)cccc3c(=O)[nH]2)CC1. The maximum atomic E-state index is 12.1. The Kier molecular flexibility index (Phi) is 2.91. The Labute approximate surface area is 111 Å². The number of likely N-dealkylation sites (N-methyl/N-ethyl adjacent to an activating group) is 1. The van der Waals surface area contributed by atoms with Crippen LogP contribution < -0.4 is 16.2 Å². The number of H-pyrrole nitrogens is 1. The summed E-state index contributed by atoms with van der Waals surface area (Å²) in [5, 5.41) is 1.48. The fraction of sp³-hybridized carbons (Fsp3) is 0.357. The average Bonchev–Trinajstić information content (AvgIpc) is 2.41. The van der Waals surface area contributed by atoms with Crippen LogP contribution in [0, 0.1) is 0 Å². The zero-order valence-electron chi connectivity index (χ0n) is 11.0. The number of piperazine rings is 1. The van der Waals surface area contributed by atoms with Crippen molar-refractivity contribution in [3.8, 4) is 0 Å². The number of anilines is 2. The second-order valence-corrected chi connectivity index (χ2v) is 5.08. The van der Waals surface area contributed by atoms with E-state index in [9.17, 15) is 4.79 Å². The molecule has 3 rings (SSSR count). The lowest BCUT2D eigenvalue weighted by Crippen LogP contribution is -2.45. The smallest absolute Gasteiger partial charge is 0.257 e. The number of benzene rings is 1. The number of aromatic amines is 1. The van der Waals surface area contributed by atoms with Crippen molar-refractivity contribution in [1.82, 2.24) is 9.88 Å². The second-order valence-electron chi connectivity index (χ2n) is 5.08. The minimum Gasteiger partial charge on any atom is -0.398 e. The normalized spacial score (nSPS) is 17.0. The van der Waals surface area contributed by atoms with E-state index < -0.39 is 0 Å². The Morgan fingerprint density at radius 2 is 1.89 bits per heavy atom. The van der Waals surface area contributed by atoms with Gasteiger partial charge in [-0.25, -0.2) is 0 Å². The largest absolute Gasteiger partial charge is 0.398 e. The van der Waals surface area contributed by atoms with E-state index in [0.717, 1.165) is 37.4 Å². The number of hydrogen-bond donors (Lipinski definition) is 2. The molecule has 2 heterocycles. The molecule has 0 bridgehead atoms. The van der Waals surface area contributed by atoms with Crippen molar-refractivity contribution in [2.24, 2.45) is 0 Å². The van der Waals surface area contributed by atoms with Gasteiger partial charge in [0.1, 0.15) is 5.82 Å².